The summed E-state index contributed by atoms with van der Waals surface area (Å²) in [4.78, 5) is 22.6. The fourth-order valence-corrected chi connectivity index (χ4v) is 5.94. The number of likely N-dealkylation sites (tertiary alicyclic amines) is 2. The first-order chi connectivity index (χ1) is 14.1. The first-order valence-corrected chi connectivity index (χ1v) is 10.8. The van der Waals surface area contributed by atoms with Gasteiger partial charge in [-0.2, -0.15) is 0 Å². The second-order valence-corrected chi connectivity index (χ2v) is 9.32. The van der Waals surface area contributed by atoms with Gasteiger partial charge in [-0.1, -0.05) is 6.07 Å². The summed E-state index contributed by atoms with van der Waals surface area (Å²) in [6, 6.07) is 4.79. The SMILES string of the molecule is Cc1nc(CN2C[C@@H]3C[C@H](C2)c2ccc(CN4C[C@H]5C[C@@H]4CO5)c(=O)n2C3)co1. The highest BCUT2D eigenvalue weighted by atomic mass is 16.5. The summed E-state index contributed by atoms with van der Waals surface area (Å²) in [5.74, 6) is 1.67. The van der Waals surface area contributed by atoms with E-state index in [4.69, 9.17) is 9.15 Å². The summed E-state index contributed by atoms with van der Waals surface area (Å²) in [5.41, 5.74) is 3.37. The lowest BCUT2D eigenvalue weighted by Gasteiger charge is -2.42. The van der Waals surface area contributed by atoms with E-state index < -0.39 is 0 Å². The van der Waals surface area contributed by atoms with Crippen LogP contribution in [0.2, 0.25) is 0 Å². The van der Waals surface area contributed by atoms with Crippen LogP contribution in [0.3, 0.4) is 0 Å². The van der Waals surface area contributed by atoms with Crippen molar-refractivity contribution in [3.05, 3.63) is 51.6 Å². The van der Waals surface area contributed by atoms with Crippen molar-refractivity contribution in [2.24, 2.45) is 5.92 Å². The average Bonchev–Trinajstić information content (AvgIpc) is 3.42. The van der Waals surface area contributed by atoms with Crippen LogP contribution in [0.1, 0.15) is 41.6 Å². The molecular formula is C22H28N4O3. The Morgan fingerprint density at radius 1 is 1.14 bits per heavy atom. The monoisotopic (exact) mass is 396 g/mol. The molecule has 4 aliphatic rings. The molecule has 0 spiro atoms. The fourth-order valence-electron chi connectivity index (χ4n) is 5.94. The van der Waals surface area contributed by atoms with Crippen molar-refractivity contribution in [3.8, 4) is 0 Å². The van der Waals surface area contributed by atoms with Crippen molar-refractivity contribution in [3.63, 3.8) is 0 Å². The maximum atomic E-state index is 13.3. The average molecular weight is 396 g/mol. The predicted octanol–water partition coefficient (Wildman–Crippen LogP) is 1.74. The van der Waals surface area contributed by atoms with Gasteiger partial charge in [-0.15, -0.1) is 0 Å². The van der Waals surface area contributed by atoms with E-state index in [0.717, 1.165) is 69.4 Å². The van der Waals surface area contributed by atoms with Gasteiger partial charge in [0.15, 0.2) is 5.89 Å². The molecule has 2 aromatic heterocycles. The molecule has 6 rings (SSSR count). The molecule has 2 aromatic rings. The highest BCUT2D eigenvalue weighted by Gasteiger charge is 2.39. The molecule has 0 N–H and O–H groups in total. The summed E-state index contributed by atoms with van der Waals surface area (Å²) < 4.78 is 13.1. The predicted molar refractivity (Wildman–Crippen MR) is 107 cm³/mol. The van der Waals surface area contributed by atoms with Gasteiger partial charge in [-0.25, -0.2) is 4.98 Å². The molecule has 7 heteroatoms. The van der Waals surface area contributed by atoms with Crippen LogP contribution < -0.4 is 5.56 Å². The number of hydrogen-bond acceptors (Lipinski definition) is 6. The maximum absolute atomic E-state index is 13.3. The van der Waals surface area contributed by atoms with Gasteiger partial charge >= 0.3 is 0 Å². The molecule has 0 aliphatic carbocycles. The molecule has 29 heavy (non-hydrogen) atoms. The van der Waals surface area contributed by atoms with E-state index in [-0.39, 0.29) is 5.56 Å². The zero-order valence-electron chi connectivity index (χ0n) is 16.9. The highest BCUT2D eigenvalue weighted by Crippen LogP contribution is 2.36. The number of pyridine rings is 1. The first-order valence-electron chi connectivity index (χ1n) is 10.8. The van der Waals surface area contributed by atoms with Crippen LogP contribution in [0, 0.1) is 12.8 Å². The molecule has 7 nitrogen and oxygen atoms in total. The Balaban J connectivity index is 1.21. The Labute approximate surface area is 170 Å². The van der Waals surface area contributed by atoms with Crippen LogP contribution >= 0.6 is 0 Å². The van der Waals surface area contributed by atoms with E-state index in [1.54, 1.807) is 6.26 Å². The quantitative estimate of drug-likeness (QED) is 0.785. The minimum atomic E-state index is 0.224. The standard InChI is InChI=1S/C22H28N4O3/c1-14-23-18(12-28-14)10-24-6-15-4-17(8-24)21-3-2-16(22(27)26(21)7-15)9-25-11-20-5-19(25)13-29-20/h2-3,12,15,17,19-20H,4-11,13H2,1H3/t15-,17+,19+,20+/m0/s1. The van der Waals surface area contributed by atoms with Gasteiger partial charge < -0.3 is 13.7 Å². The van der Waals surface area contributed by atoms with Gasteiger partial charge in [0.1, 0.15) is 6.26 Å². The molecule has 3 saturated heterocycles. The van der Waals surface area contributed by atoms with E-state index in [1.807, 2.05) is 6.92 Å². The van der Waals surface area contributed by atoms with Crippen LogP contribution in [-0.2, 0) is 24.4 Å². The van der Waals surface area contributed by atoms with E-state index in [9.17, 15) is 4.79 Å². The van der Waals surface area contributed by atoms with Crippen molar-refractivity contribution < 1.29 is 9.15 Å². The molecule has 0 saturated carbocycles. The summed E-state index contributed by atoms with van der Waals surface area (Å²) in [5, 5.41) is 0. The molecular weight excluding hydrogens is 368 g/mol. The number of oxazole rings is 1. The largest absolute Gasteiger partial charge is 0.449 e. The number of fused-ring (bicyclic) bond motifs is 6. The lowest BCUT2D eigenvalue weighted by Crippen LogP contribution is -2.47. The molecule has 4 aliphatic heterocycles. The van der Waals surface area contributed by atoms with Crippen molar-refractivity contribution in [1.82, 2.24) is 19.4 Å². The zero-order chi connectivity index (χ0) is 19.5. The Bertz CT molecular complexity index is 983. The molecule has 0 aromatic carbocycles. The number of ether oxygens (including phenoxy) is 1. The van der Waals surface area contributed by atoms with Crippen LogP contribution in [-0.4, -0.2) is 57.7 Å². The third-order valence-corrected chi connectivity index (χ3v) is 7.20. The van der Waals surface area contributed by atoms with Crippen molar-refractivity contribution in [2.45, 2.75) is 57.5 Å². The molecule has 4 bridgehead atoms. The number of aryl methyl sites for hydroxylation is 1. The number of piperidine rings is 1. The van der Waals surface area contributed by atoms with Gasteiger partial charge in [0.25, 0.3) is 5.56 Å². The molecule has 154 valence electrons. The number of nitrogens with zero attached hydrogens (tertiary/aromatic N) is 4. The van der Waals surface area contributed by atoms with Crippen molar-refractivity contribution >= 4 is 0 Å². The number of aromatic nitrogens is 2. The van der Waals surface area contributed by atoms with E-state index >= 15 is 0 Å². The molecule has 0 amide bonds. The maximum Gasteiger partial charge on any atom is 0.255 e. The molecule has 0 unspecified atom stereocenters. The fraction of sp³-hybridized carbons (Fsp3) is 0.636. The topological polar surface area (TPSA) is 63.7 Å². The minimum absolute atomic E-state index is 0.224. The Kier molecular flexibility index (Phi) is 4.18. The lowest BCUT2D eigenvalue weighted by molar-refractivity contribution is 0.0270. The van der Waals surface area contributed by atoms with Crippen LogP contribution in [0.25, 0.3) is 0 Å². The highest BCUT2D eigenvalue weighted by molar-refractivity contribution is 5.23. The minimum Gasteiger partial charge on any atom is -0.449 e. The van der Waals surface area contributed by atoms with Gasteiger partial charge in [0.05, 0.1) is 18.4 Å². The molecule has 3 fully saturated rings. The summed E-state index contributed by atoms with van der Waals surface area (Å²) in [6.07, 6.45) is 4.44. The van der Waals surface area contributed by atoms with E-state index in [1.165, 1.54) is 12.1 Å². The Morgan fingerprint density at radius 2 is 2.07 bits per heavy atom. The number of rotatable bonds is 4. The molecule has 0 radical (unpaired) electrons. The second kappa shape index (κ2) is 6.79. The lowest BCUT2D eigenvalue weighted by atomic mass is 9.83. The van der Waals surface area contributed by atoms with Gasteiger partial charge in [0, 0.05) is 69.4 Å². The number of hydrogen-bond donors (Lipinski definition) is 0. The third kappa shape index (κ3) is 3.16. The zero-order valence-corrected chi connectivity index (χ0v) is 16.9. The molecule has 6 heterocycles. The van der Waals surface area contributed by atoms with Crippen molar-refractivity contribution in [1.29, 1.82) is 0 Å². The van der Waals surface area contributed by atoms with Gasteiger partial charge in [-0.05, 0) is 24.8 Å². The van der Waals surface area contributed by atoms with Crippen LogP contribution in [0.15, 0.2) is 27.6 Å². The van der Waals surface area contributed by atoms with Crippen LogP contribution in [0.4, 0.5) is 0 Å². The summed E-state index contributed by atoms with van der Waals surface area (Å²) in [6.45, 7) is 8.09. The van der Waals surface area contributed by atoms with E-state index in [0.29, 0.717) is 24.0 Å². The van der Waals surface area contributed by atoms with Gasteiger partial charge in [-0.3, -0.25) is 14.6 Å². The number of morpholine rings is 1. The van der Waals surface area contributed by atoms with E-state index in [2.05, 4.69) is 31.5 Å². The normalized spacial score (nSPS) is 31.3. The Hall–Kier alpha value is -1.96. The second-order valence-electron chi connectivity index (χ2n) is 9.32. The third-order valence-electron chi connectivity index (χ3n) is 7.20. The van der Waals surface area contributed by atoms with Gasteiger partial charge in [0.2, 0.25) is 0 Å². The molecule has 4 atom stereocenters. The first kappa shape index (κ1) is 17.9. The van der Waals surface area contributed by atoms with Crippen molar-refractivity contribution in [2.75, 3.05) is 26.2 Å². The van der Waals surface area contributed by atoms with Crippen LogP contribution in [0.5, 0.6) is 0 Å². The summed E-state index contributed by atoms with van der Waals surface area (Å²) in [7, 11) is 0. The summed E-state index contributed by atoms with van der Waals surface area (Å²) >= 11 is 0. The Morgan fingerprint density at radius 3 is 2.83 bits per heavy atom. The smallest absolute Gasteiger partial charge is 0.255 e.